The van der Waals surface area contributed by atoms with E-state index in [0.29, 0.717) is 62.6 Å². The van der Waals surface area contributed by atoms with E-state index in [0.717, 1.165) is 50.5 Å². The fraction of sp³-hybridized carbons (Fsp3) is 0.542. The number of fused-ring (bicyclic) bond motifs is 6. The van der Waals surface area contributed by atoms with Crippen LogP contribution in [0.25, 0.3) is 33.5 Å². The van der Waals surface area contributed by atoms with Gasteiger partial charge in [0.1, 0.15) is 23.1 Å². The number of aryl methyl sites for hydroxylation is 1. The van der Waals surface area contributed by atoms with Crippen molar-refractivity contribution in [3.63, 3.8) is 0 Å². The number of carbonyl (C=O) groups is 5. The van der Waals surface area contributed by atoms with Gasteiger partial charge in [-0.25, -0.2) is 10.4 Å². The summed E-state index contributed by atoms with van der Waals surface area (Å²) >= 11 is 1.16. The number of hydrogen-bond donors (Lipinski definition) is 2. The summed E-state index contributed by atoms with van der Waals surface area (Å²) in [7, 11) is 3.71. The van der Waals surface area contributed by atoms with Crippen LogP contribution in [-0.2, 0) is 53.3 Å². The van der Waals surface area contributed by atoms with Crippen molar-refractivity contribution in [1.82, 2.24) is 44.5 Å². The van der Waals surface area contributed by atoms with E-state index in [1.54, 1.807) is 30.0 Å². The summed E-state index contributed by atoms with van der Waals surface area (Å²) in [6.45, 7) is 12.9. The fourth-order valence-electron chi connectivity index (χ4n) is 10.0. The lowest BCUT2D eigenvalue weighted by atomic mass is 9.84. The second-order valence-corrected chi connectivity index (χ2v) is 19.9. The molecule has 1 spiro atoms. The van der Waals surface area contributed by atoms with Gasteiger partial charge in [0, 0.05) is 80.4 Å². The fourth-order valence-corrected chi connectivity index (χ4v) is 10.8. The highest BCUT2D eigenvalue weighted by molar-refractivity contribution is 7.05. The molecule has 6 bridgehead atoms. The molecule has 8 rings (SSSR count). The molecule has 4 amide bonds. The minimum atomic E-state index is -1.11. The van der Waals surface area contributed by atoms with Crippen LogP contribution in [0.1, 0.15) is 89.6 Å². The third kappa shape index (κ3) is 8.87. The van der Waals surface area contributed by atoms with Gasteiger partial charge in [0.15, 0.2) is 5.82 Å². The lowest BCUT2D eigenvalue weighted by Crippen LogP contribution is -2.62. The van der Waals surface area contributed by atoms with E-state index < -0.39 is 46.7 Å². The first kappa shape index (κ1) is 45.9. The highest BCUT2D eigenvalue weighted by Crippen LogP contribution is 2.43. The highest BCUT2D eigenvalue weighted by Gasteiger charge is 2.54. The zero-order chi connectivity index (χ0) is 46.4. The Morgan fingerprint density at radius 2 is 1.88 bits per heavy atom. The maximum Gasteiger partial charge on any atom is 0.324 e. The van der Waals surface area contributed by atoms with Crippen molar-refractivity contribution in [3.05, 3.63) is 52.8 Å². The molecule has 16 nitrogen and oxygen atoms in total. The first-order valence-corrected chi connectivity index (χ1v) is 23.3. The summed E-state index contributed by atoms with van der Waals surface area (Å²) in [5.41, 5.74) is 7.38. The van der Waals surface area contributed by atoms with Crippen molar-refractivity contribution in [1.29, 1.82) is 0 Å². The van der Waals surface area contributed by atoms with Gasteiger partial charge in [-0.1, -0.05) is 33.6 Å². The molecule has 4 aliphatic rings. The lowest BCUT2D eigenvalue weighted by Gasteiger charge is -2.36. The van der Waals surface area contributed by atoms with Crippen LogP contribution >= 0.6 is 11.5 Å². The Bertz CT molecular complexity index is 2590. The number of nitrogens with zero attached hydrogens (tertiary/aromatic N) is 7. The molecule has 0 aliphatic carbocycles. The van der Waals surface area contributed by atoms with Gasteiger partial charge in [-0.15, -0.1) is 0 Å². The smallest absolute Gasteiger partial charge is 0.324 e. The van der Waals surface area contributed by atoms with Gasteiger partial charge in [0.25, 0.3) is 11.8 Å². The maximum atomic E-state index is 14.6. The van der Waals surface area contributed by atoms with Crippen molar-refractivity contribution < 1.29 is 33.4 Å². The normalized spacial score (nSPS) is 23.3. The molecule has 17 heteroatoms. The van der Waals surface area contributed by atoms with E-state index >= 15 is 0 Å². The Balaban J connectivity index is 1.15. The van der Waals surface area contributed by atoms with Crippen molar-refractivity contribution in [2.45, 2.75) is 104 Å². The Kier molecular flexibility index (Phi) is 12.9. The van der Waals surface area contributed by atoms with Crippen molar-refractivity contribution in [2.75, 3.05) is 39.9 Å². The van der Waals surface area contributed by atoms with E-state index in [-0.39, 0.29) is 43.4 Å². The number of ether oxygens (including phenoxy) is 2. The number of amides is 4. The number of rotatable bonds is 7. The third-order valence-electron chi connectivity index (χ3n) is 13.5. The van der Waals surface area contributed by atoms with Gasteiger partial charge in [-0.3, -0.25) is 34.0 Å². The summed E-state index contributed by atoms with van der Waals surface area (Å²) in [6.07, 6.45) is 4.06. The number of pyridine rings is 1. The molecule has 7 heterocycles. The molecule has 2 N–H and O–H groups in total. The topological polar surface area (TPSA) is 181 Å². The third-order valence-corrected chi connectivity index (χ3v) is 14.2. The van der Waals surface area contributed by atoms with E-state index in [4.69, 9.17) is 23.8 Å². The van der Waals surface area contributed by atoms with Gasteiger partial charge < -0.3 is 29.2 Å². The molecular weight excluding hydrogens is 847 g/mol. The first-order chi connectivity index (χ1) is 31.0. The van der Waals surface area contributed by atoms with E-state index in [9.17, 15) is 24.0 Å². The van der Waals surface area contributed by atoms with E-state index in [1.807, 2.05) is 40.0 Å². The van der Waals surface area contributed by atoms with Crippen LogP contribution in [0.5, 0.6) is 0 Å². The Morgan fingerprint density at radius 3 is 2.63 bits per heavy atom. The summed E-state index contributed by atoms with van der Waals surface area (Å²) in [6, 6.07) is 7.34. The number of aromatic nitrogens is 4. The van der Waals surface area contributed by atoms with Gasteiger partial charge in [0.2, 0.25) is 11.8 Å². The van der Waals surface area contributed by atoms with Gasteiger partial charge in [-0.05, 0) is 105 Å². The summed E-state index contributed by atoms with van der Waals surface area (Å²) in [5.74, 6) is 3.56. The number of hydrazine groups is 1. The quantitative estimate of drug-likeness (QED) is 0.195. The zero-order valence-electron chi connectivity index (χ0n) is 38.5. The van der Waals surface area contributed by atoms with Crippen LogP contribution in [0.3, 0.4) is 0 Å². The standard InChI is InChI=1S/C48H59N9O7S/c1-9-12-38(58)55-21-17-48(26-55)18-22-56(46(48)62)40(28(2)3)43(59)50-35-24-37-51-42(53-65-37)30-15-16-36-32(23-30)33(41(54(36)7)31-13-10-19-49-39(31)29(4)63-8)25-47(5,6)27-64-45(61)34-14-11-20-57(52-34)44(35)60/h10,13,15-16,19,23,28-29,34-35,40,52H,11,14,17-18,20-22,24-27H2,1-8H3,(H,50,59)/t29-,34-,35-,40-,48?/m0/s1. The molecule has 0 saturated carbocycles. The molecule has 3 saturated heterocycles. The number of likely N-dealkylation sites (tertiary alicyclic amines) is 2. The molecule has 3 fully saturated rings. The van der Waals surface area contributed by atoms with Crippen LogP contribution < -0.4 is 10.7 Å². The molecule has 0 radical (unpaired) electrons. The predicted molar refractivity (Wildman–Crippen MR) is 244 cm³/mol. The molecule has 5 atom stereocenters. The van der Waals surface area contributed by atoms with E-state index in [2.05, 4.69) is 59.2 Å². The largest absolute Gasteiger partial charge is 0.464 e. The Hall–Kier alpha value is -5.70. The second kappa shape index (κ2) is 18.3. The second-order valence-electron chi connectivity index (χ2n) is 19.0. The highest BCUT2D eigenvalue weighted by atomic mass is 32.1. The van der Waals surface area contributed by atoms with Crippen LogP contribution in [0.4, 0.5) is 0 Å². The van der Waals surface area contributed by atoms with Gasteiger partial charge in [0.05, 0.1) is 29.5 Å². The average Bonchev–Trinajstić information content (AvgIpc) is 4.08. The summed E-state index contributed by atoms with van der Waals surface area (Å²) in [4.78, 5) is 82.9. The van der Waals surface area contributed by atoms with Crippen LogP contribution in [0.15, 0.2) is 36.5 Å². The number of hydrogen-bond acceptors (Lipinski definition) is 12. The Morgan fingerprint density at radius 1 is 1.09 bits per heavy atom. The molecule has 1 aromatic carbocycles. The SMILES string of the molecule is CC#CC(=O)N1CCC2(CCN([C@H](C(=O)N[C@H]3Cc4nc(ns4)-c4ccc5c(c4)c(c(-c4cccnc4[C@H](C)OC)n5C)CC(C)(C)COC(=O)[C@@H]4CCCN(N4)C3=O)C(C)C)C2=O)C1. The molecular formula is C48H59N9O7S. The first-order valence-electron chi connectivity index (χ1n) is 22.5. The van der Waals surface area contributed by atoms with Crippen LogP contribution in [0, 0.1) is 28.6 Å². The number of esters is 1. The molecule has 1 unspecified atom stereocenters. The molecule has 4 aliphatic heterocycles. The predicted octanol–water partition coefficient (Wildman–Crippen LogP) is 4.61. The number of cyclic esters (lactones) is 1. The van der Waals surface area contributed by atoms with Crippen molar-refractivity contribution >= 4 is 52.0 Å². The Labute approximate surface area is 383 Å². The summed E-state index contributed by atoms with van der Waals surface area (Å²) in [5, 5.41) is 5.96. The number of carbonyl (C=O) groups excluding carboxylic acids is 5. The van der Waals surface area contributed by atoms with E-state index in [1.165, 1.54) is 5.01 Å². The minimum absolute atomic E-state index is 0.0202. The number of benzene rings is 1. The monoisotopic (exact) mass is 905 g/mol. The maximum absolute atomic E-state index is 14.6. The van der Waals surface area contributed by atoms with Crippen molar-refractivity contribution in [3.8, 4) is 34.5 Å². The van der Waals surface area contributed by atoms with Crippen LogP contribution in [-0.4, -0.2) is 121 Å². The lowest BCUT2D eigenvalue weighted by molar-refractivity contribution is -0.155. The molecule has 3 aromatic heterocycles. The van der Waals surface area contributed by atoms with Gasteiger partial charge in [-0.2, -0.15) is 4.37 Å². The number of methoxy groups -OCH3 is 1. The minimum Gasteiger partial charge on any atom is -0.464 e. The molecule has 4 aromatic rings. The zero-order valence-corrected chi connectivity index (χ0v) is 39.3. The van der Waals surface area contributed by atoms with Crippen molar-refractivity contribution in [2.24, 2.45) is 23.8 Å². The molecule has 344 valence electrons. The number of nitrogens with one attached hydrogen (secondary N) is 2. The molecule has 65 heavy (non-hydrogen) atoms. The van der Waals surface area contributed by atoms with Gasteiger partial charge >= 0.3 is 5.97 Å². The summed E-state index contributed by atoms with van der Waals surface area (Å²) < 4.78 is 18.8. The van der Waals surface area contributed by atoms with Crippen LogP contribution in [0.2, 0.25) is 0 Å². The average molecular weight is 906 g/mol.